The van der Waals surface area contributed by atoms with Gasteiger partial charge in [0.25, 0.3) is 11.5 Å². The lowest BCUT2D eigenvalue weighted by Crippen LogP contribution is -2.35. The molecule has 1 atom stereocenters. The summed E-state index contributed by atoms with van der Waals surface area (Å²) in [6.07, 6.45) is 4.99. The number of methoxy groups -OCH3 is 1. The Bertz CT molecular complexity index is 1350. The maximum absolute atomic E-state index is 13.4. The number of pyridine rings is 1. The van der Waals surface area contributed by atoms with Gasteiger partial charge in [-0.2, -0.15) is 4.98 Å². The highest BCUT2D eigenvalue weighted by Gasteiger charge is 2.35. The normalized spacial score (nSPS) is 19.4. The summed E-state index contributed by atoms with van der Waals surface area (Å²) in [4.78, 5) is 32.9. The van der Waals surface area contributed by atoms with Gasteiger partial charge in [-0.25, -0.2) is 0 Å². The van der Waals surface area contributed by atoms with Crippen LogP contribution in [-0.2, 0) is 9.53 Å². The molecule has 1 unspecified atom stereocenters. The number of rotatable bonds is 6. The van der Waals surface area contributed by atoms with Gasteiger partial charge in [-0.15, -0.1) is 0 Å². The van der Waals surface area contributed by atoms with Crippen LogP contribution >= 0.6 is 24.0 Å². The zero-order valence-corrected chi connectivity index (χ0v) is 19.9. The molecule has 4 heterocycles. The molecule has 2 aliphatic rings. The molecule has 34 heavy (non-hydrogen) atoms. The minimum Gasteiger partial charge on any atom is -0.497 e. The summed E-state index contributed by atoms with van der Waals surface area (Å²) in [5.41, 5.74) is 0.245. The van der Waals surface area contributed by atoms with Gasteiger partial charge < -0.3 is 14.2 Å². The molecular formula is C24H21N3O5S2. The monoisotopic (exact) mass is 495 g/mol. The summed E-state index contributed by atoms with van der Waals surface area (Å²) in [6, 6.07) is 12.2. The molecule has 0 saturated carbocycles. The standard InChI is InChI=1S/C24H21N3O5S2/c1-30-15-7-9-16(10-8-15)32-21-18(22(28)26-11-3-2-6-20(26)25-21)13-19-23(29)27(24(33)34-19)14-17-5-4-12-31-17/h2-3,6-11,13,17H,4-5,12,14H2,1H3/b19-13+. The maximum atomic E-state index is 13.4. The van der Waals surface area contributed by atoms with Crippen LogP contribution in [0.15, 0.2) is 58.4 Å². The molecular weight excluding hydrogens is 474 g/mol. The molecule has 174 valence electrons. The van der Waals surface area contributed by atoms with E-state index in [4.69, 9.17) is 26.4 Å². The molecule has 10 heteroatoms. The van der Waals surface area contributed by atoms with Gasteiger partial charge in [-0.1, -0.05) is 30.0 Å². The number of thiocarbonyl (C=S) groups is 1. The molecule has 0 bridgehead atoms. The van der Waals surface area contributed by atoms with Gasteiger partial charge >= 0.3 is 0 Å². The highest BCUT2D eigenvalue weighted by molar-refractivity contribution is 8.26. The van der Waals surface area contributed by atoms with Crippen LogP contribution in [0.4, 0.5) is 0 Å². The molecule has 8 nitrogen and oxygen atoms in total. The van der Waals surface area contributed by atoms with Crippen molar-refractivity contribution in [3.63, 3.8) is 0 Å². The summed E-state index contributed by atoms with van der Waals surface area (Å²) in [5, 5.41) is 0. The Morgan fingerprint density at radius 1 is 1.21 bits per heavy atom. The predicted molar refractivity (Wildman–Crippen MR) is 133 cm³/mol. The molecule has 0 spiro atoms. The van der Waals surface area contributed by atoms with Crippen LogP contribution in [0.2, 0.25) is 0 Å². The third-order valence-corrected chi connectivity index (χ3v) is 6.95. The van der Waals surface area contributed by atoms with Crippen LogP contribution in [0.3, 0.4) is 0 Å². The second-order valence-electron chi connectivity index (χ2n) is 7.77. The Morgan fingerprint density at radius 2 is 2.00 bits per heavy atom. The number of carbonyl (C=O) groups is 1. The first-order valence-corrected chi connectivity index (χ1v) is 12.0. The molecule has 2 aliphatic heterocycles. The average molecular weight is 496 g/mol. The highest BCUT2D eigenvalue weighted by Crippen LogP contribution is 2.35. The van der Waals surface area contributed by atoms with Gasteiger partial charge in [-0.3, -0.25) is 18.9 Å². The quantitative estimate of drug-likeness (QED) is 0.377. The van der Waals surface area contributed by atoms with Gasteiger partial charge in [0, 0.05) is 12.8 Å². The maximum Gasteiger partial charge on any atom is 0.269 e. The number of amides is 1. The van der Waals surface area contributed by atoms with Crippen molar-refractivity contribution in [2.24, 2.45) is 0 Å². The van der Waals surface area contributed by atoms with Crippen molar-refractivity contribution in [1.82, 2.24) is 14.3 Å². The molecule has 2 saturated heterocycles. The minimum absolute atomic E-state index is 0.0243. The lowest BCUT2D eigenvalue weighted by atomic mass is 10.2. The fourth-order valence-corrected chi connectivity index (χ4v) is 5.08. The summed E-state index contributed by atoms with van der Waals surface area (Å²) in [6.45, 7) is 1.10. The van der Waals surface area contributed by atoms with Crippen LogP contribution in [0.5, 0.6) is 17.4 Å². The van der Waals surface area contributed by atoms with E-state index < -0.39 is 0 Å². The first-order valence-electron chi connectivity index (χ1n) is 10.7. The van der Waals surface area contributed by atoms with Crippen molar-refractivity contribution >= 4 is 45.9 Å². The van der Waals surface area contributed by atoms with Crippen molar-refractivity contribution in [1.29, 1.82) is 0 Å². The molecule has 1 amide bonds. The Labute approximate surface area is 205 Å². The molecule has 2 fully saturated rings. The third-order valence-electron chi connectivity index (χ3n) is 5.57. The van der Waals surface area contributed by atoms with Crippen LogP contribution in [0, 0.1) is 0 Å². The minimum atomic E-state index is -0.349. The lowest BCUT2D eigenvalue weighted by Gasteiger charge is -2.18. The largest absolute Gasteiger partial charge is 0.497 e. The Balaban J connectivity index is 1.53. The van der Waals surface area contributed by atoms with Crippen LogP contribution < -0.4 is 15.0 Å². The van der Waals surface area contributed by atoms with Crippen molar-refractivity contribution in [2.75, 3.05) is 20.3 Å². The Kier molecular flexibility index (Phi) is 6.36. The molecule has 0 N–H and O–H groups in total. The van der Waals surface area contributed by atoms with Crippen molar-refractivity contribution in [3.8, 4) is 17.4 Å². The second kappa shape index (κ2) is 9.57. The van der Waals surface area contributed by atoms with E-state index in [1.54, 1.807) is 55.8 Å². The Hall–Kier alpha value is -3.21. The smallest absolute Gasteiger partial charge is 0.269 e. The third kappa shape index (κ3) is 4.44. The lowest BCUT2D eigenvalue weighted by molar-refractivity contribution is -0.123. The average Bonchev–Trinajstić information content (AvgIpc) is 3.46. The zero-order valence-electron chi connectivity index (χ0n) is 18.3. The van der Waals surface area contributed by atoms with Crippen molar-refractivity contribution in [2.45, 2.75) is 18.9 Å². The van der Waals surface area contributed by atoms with E-state index in [1.165, 1.54) is 15.4 Å². The fourth-order valence-electron chi connectivity index (χ4n) is 3.82. The van der Waals surface area contributed by atoms with Gasteiger partial charge in [0.15, 0.2) is 0 Å². The number of carbonyl (C=O) groups excluding carboxylic acids is 1. The number of aromatic nitrogens is 2. The van der Waals surface area contributed by atoms with E-state index in [-0.39, 0.29) is 29.0 Å². The predicted octanol–water partition coefficient (Wildman–Crippen LogP) is 3.88. The summed E-state index contributed by atoms with van der Waals surface area (Å²) >= 11 is 6.61. The van der Waals surface area contributed by atoms with Crippen LogP contribution in [-0.4, -0.2) is 50.9 Å². The molecule has 1 aromatic carbocycles. The summed E-state index contributed by atoms with van der Waals surface area (Å²) in [7, 11) is 1.58. The van der Waals surface area contributed by atoms with Gasteiger partial charge in [0.2, 0.25) is 5.88 Å². The SMILES string of the molecule is COc1ccc(Oc2nc3ccccn3c(=O)c2/C=C2/SC(=S)N(CC3CCCO3)C2=O)cc1. The first kappa shape index (κ1) is 22.6. The molecule has 2 aromatic heterocycles. The van der Waals surface area contributed by atoms with Crippen molar-refractivity contribution < 1.29 is 19.0 Å². The number of benzene rings is 1. The van der Waals surface area contributed by atoms with E-state index in [2.05, 4.69) is 4.98 Å². The van der Waals surface area contributed by atoms with E-state index in [1.807, 2.05) is 0 Å². The zero-order chi connectivity index (χ0) is 23.7. The molecule has 0 radical (unpaired) electrons. The number of hydrogen-bond acceptors (Lipinski definition) is 8. The number of ether oxygens (including phenoxy) is 3. The fraction of sp³-hybridized carbons (Fsp3) is 0.250. The van der Waals surface area contributed by atoms with Gasteiger partial charge in [0.05, 0.1) is 24.7 Å². The second-order valence-corrected chi connectivity index (χ2v) is 9.45. The van der Waals surface area contributed by atoms with E-state index in [9.17, 15) is 9.59 Å². The first-order chi connectivity index (χ1) is 16.5. The van der Waals surface area contributed by atoms with Crippen molar-refractivity contribution in [3.05, 3.63) is 69.5 Å². The molecule has 5 rings (SSSR count). The van der Waals surface area contributed by atoms with E-state index in [0.29, 0.717) is 39.5 Å². The van der Waals surface area contributed by atoms with Gasteiger partial charge in [-0.05, 0) is 55.3 Å². The van der Waals surface area contributed by atoms with Crippen LogP contribution in [0.25, 0.3) is 11.7 Å². The van der Waals surface area contributed by atoms with Gasteiger partial charge in [0.1, 0.15) is 27.0 Å². The molecule has 0 aliphatic carbocycles. The topological polar surface area (TPSA) is 82.4 Å². The molecule has 3 aromatic rings. The number of nitrogens with zero attached hydrogens (tertiary/aromatic N) is 3. The van der Waals surface area contributed by atoms with Crippen LogP contribution in [0.1, 0.15) is 18.4 Å². The summed E-state index contributed by atoms with van der Waals surface area (Å²) in [5.74, 6) is 1.01. The Morgan fingerprint density at radius 3 is 2.74 bits per heavy atom. The summed E-state index contributed by atoms with van der Waals surface area (Å²) < 4.78 is 18.7. The van der Waals surface area contributed by atoms with E-state index >= 15 is 0 Å². The highest BCUT2D eigenvalue weighted by atomic mass is 32.2. The number of hydrogen-bond donors (Lipinski definition) is 0. The van der Waals surface area contributed by atoms with E-state index in [0.717, 1.165) is 24.6 Å². The number of fused-ring (bicyclic) bond motifs is 1. The number of thioether (sulfide) groups is 1.